The van der Waals surface area contributed by atoms with Gasteiger partial charge in [0.15, 0.2) is 11.6 Å². The minimum absolute atomic E-state index is 0.706. The molecule has 0 amide bonds. The zero-order valence-corrected chi connectivity index (χ0v) is 67.2. The molecule has 0 aliphatic carbocycles. The van der Waals surface area contributed by atoms with Crippen LogP contribution < -0.4 is 0 Å². The molecule has 0 saturated heterocycles. The minimum Gasteiger partial charge on any atom is -0.254 e. The van der Waals surface area contributed by atoms with Crippen LogP contribution in [0, 0.1) is 0 Å². The molecule has 0 spiro atoms. The number of hydrogen-bond donors (Lipinski definition) is 0. The predicted molar refractivity (Wildman–Crippen MR) is 508 cm³/mol. The van der Waals surface area contributed by atoms with Gasteiger partial charge in [0.1, 0.15) is 0 Å². The number of aromatic nitrogens is 10. The van der Waals surface area contributed by atoms with E-state index in [0.29, 0.717) is 11.6 Å². The molecule has 124 heavy (non-hydrogen) atoms. The van der Waals surface area contributed by atoms with Crippen LogP contribution in [0.4, 0.5) is 0 Å². The van der Waals surface area contributed by atoms with Gasteiger partial charge in [-0.15, -0.1) is 0 Å². The molecular formula is C114H74N10. The summed E-state index contributed by atoms with van der Waals surface area (Å²) in [6.07, 6.45) is 7.66. The SMILES string of the molecule is c1ccc(-c2cc(-c3ccc(-c4ccc(-c5ccc(-c6cc(-c7ccc8ccccc8c7)cc(-c7cc8ccccc8cn7)n6)nc5)cc4)cc3)nc(-c3ccccc3)n2)cc1.c1ccc(-c2cc(-c3ccc(-c4ccc(-c5ccc(-c6cc(-c7cccc8ccccc78)cc(-c7nccc8ccccc78)n6)nc5)cc4)cc3)nc(-c3ccccc3)n2)cc1. The molecule has 0 saturated carbocycles. The highest BCUT2D eigenvalue weighted by Gasteiger charge is 2.20. The van der Waals surface area contributed by atoms with E-state index in [2.05, 4.69) is 340 Å². The molecule has 580 valence electrons. The molecule has 22 aromatic rings. The van der Waals surface area contributed by atoms with Gasteiger partial charge in [0.05, 0.1) is 68.3 Å². The lowest BCUT2D eigenvalue weighted by Crippen LogP contribution is -1.96. The zero-order valence-electron chi connectivity index (χ0n) is 67.2. The molecule has 10 heteroatoms. The Labute approximate surface area is 717 Å². The van der Waals surface area contributed by atoms with E-state index in [4.69, 9.17) is 49.8 Å². The fourth-order valence-electron chi connectivity index (χ4n) is 16.2. The molecule has 0 fully saturated rings. The van der Waals surface area contributed by atoms with Gasteiger partial charge in [-0.3, -0.25) is 19.9 Å². The van der Waals surface area contributed by atoms with Crippen LogP contribution in [0.1, 0.15) is 0 Å². The van der Waals surface area contributed by atoms with E-state index in [0.717, 1.165) is 190 Å². The van der Waals surface area contributed by atoms with E-state index in [1.807, 2.05) is 110 Å². The lowest BCUT2D eigenvalue weighted by molar-refractivity contribution is 1.18. The first kappa shape index (κ1) is 74.7. The zero-order chi connectivity index (χ0) is 82.5. The summed E-state index contributed by atoms with van der Waals surface area (Å²) >= 11 is 0. The fourth-order valence-corrected chi connectivity index (χ4v) is 16.2. The van der Waals surface area contributed by atoms with Crippen molar-refractivity contribution in [1.29, 1.82) is 0 Å². The van der Waals surface area contributed by atoms with Gasteiger partial charge in [-0.2, -0.15) is 0 Å². The van der Waals surface area contributed by atoms with Gasteiger partial charge in [0.25, 0.3) is 0 Å². The quantitative estimate of drug-likeness (QED) is 0.0922. The van der Waals surface area contributed by atoms with Crippen LogP contribution in [0.3, 0.4) is 0 Å². The second-order valence-corrected chi connectivity index (χ2v) is 30.7. The largest absolute Gasteiger partial charge is 0.254 e. The molecule has 0 aliphatic heterocycles. The predicted octanol–water partition coefficient (Wildman–Crippen LogP) is 28.6. The van der Waals surface area contributed by atoms with Crippen molar-refractivity contribution < 1.29 is 0 Å². The highest BCUT2D eigenvalue weighted by atomic mass is 14.9. The Balaban J connectivity index is 0.000000152. The number of hydrogen-bond acceptors (Lipinski definition) is 10. The molecule has 0 radical (unpaired) electrons. The van der Waals surface area contributed by atoms with Crippen LogP contribution in [0.2, 0.25) is 0 Å². The number of fused-ring (bicyclic) bond motifs is 4. The van der Waals surface area contributed by atoms with Gasteiger partial charge in [0.2, 0.25) is 0 Å². The Hall–Kier alpha value is -16.8. The molecule has 0 atom stereocenters. The van der Waals surface area contributed by atoms with E-state index >= 15 is 0 Å². The smallest absolute Gasteiger partial charge is 0.160 e. The Kier molecular flexibility index (Phi) is 20.2. The molecule has 0 aliphatic rings. The number of nitrogens with zero attached hydrogens (tertiary/aromatic N) is 10. The highest BCUT2D eigenvalue weighted by molar-refractivity contribution is 6.00. The van der Waals surface area contributed by atoms with E-state index in [1.54, 1.807) is 0 Å². The number of pyridine rings is 6. The lowest BCUT2D eigenvalue weighted by atomic mass is 9.96. The van der Waals surface area contributed by atoms with E-state index in [1.165, 1.54) is 21.5 Å². The summed E-state index contributed by atoms with van der Waals surface area (Å²) in [5.41, 5.74) is 29.3. The molecule has 8 heterocycles. The second-order valence-electron chi connectivity index (χ2n) is 30.7. The maximum absolute atomic E-state index is 5.21. The summed E-state index contributed by atoms with van der Waals surface area (Å²) in [6.45, 7) is 0. The summed E-state index contributed by atoms with van der Waals surface area (Å²) in [5, 5.41) is 9.19. The first-order chi connectivity index (χ1) is 61.4. The van der Waals surface area contributed by atoms with Gasteiger partial charge in [-0.25, -0.2) is 29.9 Å². The Morgan fingerprint density at radius 2 is 0.484 bits per heavy atom. The van der Waals surface area contributed by atoms with Crippen LogP contribution in [0.25, 0.3) is 223 Å². The van der Waals surface area contributed by atoms with Gasteiger partial charge in [-0.05, 0) is 155 Å². The summed E-state index contributed by atoms with van der Waals surface area (Å²) < 4.78 is 0. The molecule has 0 bridgehead atoms. The first-order valence-corrected chi connectivity index (χ1v) is 41.4. The molecule has 0 unspecified atom stereocenters. The average Bonchev–Trinajstić information content (AvgIpc) is 0.776. The van der Waals surface area contributed by atoms with Crippen molar-refractivity contribution in [2.24, 2.45) is 0 Å². The lowest BCUT2D eigenvalue weighted by Gasteiger charge is -2.13. The van der Waals surface area contributed by atoms with Crippen molar-refractivity contribution in [2.45, 2.75) is 0 Å². The summed E-state index contributed by atoms with van der Waals surface area (Å²) in [5.74, 6) is 1.41. The standard InChI is InChI=1S/2C57H37N5/c1-3-14-43(15-4-1)52-36-53(62-57(61-52)45-16-5-2-6-17-45)44-28-26-39(27-29-44)38-22-24-40(25-23-38)46-30-31-51(59-37-46)54-34-47(49-21-11-18-41-12-7-9-19-48(41)49)35-55(60-54)56-50-20-10-8-13-42(50)32-33-58-56;1-3-12-42(13-4-1)52-35-53(62-57(61-52)44-14-5-2-6-15-44)43-26-23-40(24-27-43)39-19-21-41(22-20-39)49-29-30-51(58-37-49)55-33-50(47-28-25-38-11-7-8-16-45(38)31-47)34-56(60-55)54-32-46-17-9-10-18-48(46)36-59-54/h2*1-37H. The molecule has 14 aromatic carbocycles. The maximum Gasteiger partial charge on any atom is 0.160 e. The van der Waals surface area contributed by atoms with Gasteiger partial charge in [-0.1, -0.05) is 358 Å². The molecular weight excluding hydrogens is 1510 g/mol. The third kappa shape index (κ3) is 15.8. The fraction of sp³-hybridized carbons (Fsp3) is 0. The van der Waals surface area contributed by atoms with Gasteiger partial charge in [0, 0.05) is 80.1 Å². The topological polar surface area (TPSA) is 129 Å². The monoisotopic (exact) mass is 1580 g/mol. The summed E-state index contributed by atoms with van der Waals surface area (Å²) in [4.78, 5) is 49.9. The Bertz CT molecular complexity index is 7330. The third-order valence-corrected chi connectivity index (χ3v) is 22.8. The van der Waals surface area contributed by atoms with E-state index in [-0.39, 0.29) is 0 Å². The highest BCUT2D eigenvalue weighted by Crippen LogP contribution is 2.40. The second kappa shape index (κ2) is 33.5. The van der Waals surface area contributed by atoms with Crippen LogP contribution >= 0.6 is 0 Å². The third-order valence-electron chi connectivity index (χ3n) is 22.8. The maximum atomic E-state index is 5.21. The van der Waals surface area contributed by atoms with Crippen molar-refractivity contribution in [1.82, 2.24) is 49.8 Å². The molecule has 10 nitrogen and oxygen atoms in total. The Morgan fingerprint density at radius 1 is 0.137 bits per heavy atom. The van der Waals surface area contributed by atoms with Crippen molar-refractivity contribution in [3.05, 3.63) is 449 Å². The average molecular weight is 1580 g/mol. The van der Waals surface area contributed by atoms with E-state index < -0.39 is 0 Å². The number of rotatable bonds is 16. The van der Waals surface area contributed by atoms with Crippen LogP contribution in [-0.4, -0.2) is 49.8 Å². The van der Waals surface area contributed by atoms with E-state index in [9.17, 15) is 0 Å². The summed E-state index contributed by atoms with van der Waals surface area (Å²) in [7, 11) is 0. The number of benzene rings is 14. The van der Waals surface area contributed by atoms with Crippen LogP contribution in [0.5, 0.6) is 0 Å². The van der Waals surface area contributed by atoms with Gasteiger partial charge >= 0.3 is 0 Å². The van der Waals surface area contributed by atoms with Crippen molar-refractivity contribution in [3.8, 4) is 180 Å². The van der Waals surface area contributed by atoms with Crippen molar-refractivity contribution >= 4 is 43.1 Å². The normalized spacial score (nSPS) is 11.2. The van der Waals surface area contributed by atoms with Crippen molar-refractivity contribution in [2.75, 3.05) is 0 Å². The minimum atomic E-state index is 0.706. The van der Waals surface area contributed by atoms with Crippen LogP contribution in [0.15, 0.2) is 449 Å². The molecule has 8 aromatic heterocycles. The van der Waals surface area contributed by atoms with Crippen LogP contribution in [-0.2, 0) is 0 Å². The molecule has 22 rings (SSSR count). The van der Waals surface area contributed by atoms with Gasteiger partial charge < -0.3 is 0 Å². The molecule has 0 N–H and O–H groups in total. The Morgan fingerprint density at radius 3 is 0.976 bits per heavy atom. The van der Waals surface area contributed by atoms with Crippen molar-refractivity contribution in [3.63, 3.8) is 0 Å². The first-order valence-electron chi connectivity index (χ1n) is 41.4. The summed E-state index contributed by atoms with van der Waals surface area (Å²) in [6, 6.07) is 147.